The molecule has 0 saturated carbocycles. The normalized spacial score (nSPS) is 11.2. The summed E-state index contributed by atoms with van der Waals surface area (Å²) < 4.78 is 5.93. The first-order valence-electron chi connectivity index (χ1n) is 9.42. The Balaban J connectivity index is 1.94. The van der Waals surface area contributed by atoms with E-state index >= 15 is 0 Å². The molecule has 1 N–H and O–H groups in total. The molecule has 0 amide bonds. The molecule has 0 atom stereocenters. The summed E-state index contributed by atoms with van der Waals surface area (Å²) in [6.07, 6.45) is 4.79. The smallest absolute Gasteiger partial charge is 0.127 e. The average molecular weight is 351 g/mol. The molecular formula is C23H29NO2. The highest BCUT2D eigenvalue weighted by Gasteiger charge is 2.15. The summed E-state index contributed by atoms with van der Waals surface area (Å²) in [5.41, 5.74) is 2.71. The second-order valence-corrected chi connectivity index (χ2v) is 7.35. The van der Waals surface area contributed by atoms with E-state index in [1.165, 1.54) is 0 Å². The third-order valence-electron chi connectivity index (χ3n) is 4.65. The highest BCUT2D eigenvalue weighted by Crippen LogP contribution is 2.35. The molecule has 2 aromatic carbocycles. The molecule has 0 aliphatic rings. The van der Waals surface area contributed by atoms with Gasteiger partial charge in [-0.3, -0.25) is 0 Å². The van der Waals surface area contributed by atoms with Gasteiger partial charge in [0.05, 0.1) is 18.1 Å². The largest absolute Gasteiger partial charge is 0.507 e. The Morgan fingerprint density at radius 1 is 1.08 bits per heavy atom. The fourth-order valence-corrected chi connectivity index (χ4v) is 2.96. The molecule has 0 bridgehead atoms. The molecule has 0 heterocycles. The number of hydrogen-bond donors (Lipinski definition) is 1. The Bertz CT molecular complexity index is 745. The van der Waals surface area contributed by atoms with Crippen LogP contribution >= 0.6 is 0 Å². The monoisotopic (exact) mass is 351 g/mol. The van der Waals surface area contributed by atoms with E-state index in [0.29, 0.717) is 6.61 Å². The van der Waals surface area contributed by atoms with Gasteiger partial charge in [0.15, 0.2) is 0 Å². The number of nitrogens with zero attached hydrogens (tertiary/aromatic N) is 1. The summed E-state index contributed by atoms with van der Waals surface area (Å²) in [6, 6.07) is 16.0. The van der Waals surface area contributed by atoms with E-state index in [0.717, 1.165) is 54.5 Å². The van der Waals surface area contributed by atoms with E-state index in [1.807, 2.05) is 50.2 Å². The van der Waals surface area contributed by atoms with Crippen molar-refractivity contribution in [1.82, 2.24) is 0 Å². The summed E-state index contributed by atoms with van der Waals surface area (Å²) in [7, 11) is 0. The van der Waals surface area contributed by atoms with Gasteiger partial charge in [-0.15, -0.1) is 0 Å². The Hall–Kier alpha value is -2.47. The van der Waals surface area contributed by atoms with Crippen LogP contribution < -0.4 is 4.74 Å². The van der Waals surface area contributed by atoms with Crippen molar-refractivity contribution in [2.75, 3.05) is 6.61 Å². The van der Waals surface area contributed by atoms with Crippen molar-refractivity contribution in [3.63, 3.8) is 0 Å². The van der Waals surface area contributed by atoms with Crippen LogP contribution in [0.25, 0.3) is 11.1 Å². The highest BCUT2D eigenvalue weighted by molar-refractivity contribution is 5.72. The molecule has 2 aromatic rings. The lowest BCUT2D eigenvalue weighted by atomic mass is 9.89. The summed E-state index contributed by atoms with van der Waals surface area (Å²) >= 11 is 0. The van der Waals surface area contributed by atoms with Crippen LogP contribution in [0.15, 0.2) is 42.5 Å². The molecule has 0 aliphatic carbocycles. The molecule has 0 radical (unpaired) electrons. The second kappa shape index (κ2) is 9.29. The molecule has 0 aromatic heterocycles. The Morgan fingerprint density at radius 3 is 2.46 bits per heavy atom. The molecule has 0 unspecified atom stereocenters. The van der Waals surface area contributed by atoms with Gasteiger partial charge in [-0.2, -0.15) is 5.26 Å². The van der Waals surface area contributed by atoms with Crippen LogP contribution in [0.4, 0.5) is 0 Å². The summed E-state index contributed by atoms with van der Waals surface area (Å²) in [4.78, 5) is 0. The van der Waals surface area contributed by atoms with Gasteiger partial charge in [-0.25, -0.2) is 0 Å². The van der Waals surface area contributed by atoms with E-state index in [1.54, 1.807) is 6.07 Å². The first-order valence-corrected chi connectivity index (χ1v) is 9.42. The third kappa shape index (κ3) is 5.52. The molecular weight excluding hydrogens is 322 g/mol. The zero-order chi connectivity index (χ0) is 19.0. The molecule has 26 heavy (non-hydrogen) atoms. The van der Waals surface area contributed by atoms with E-state index in [9.17, 15) is 5.11 Å². The number of phenols is 1. The second-order valence-electron chi connectivity index (χ2n) is 7.35. The summed E-state index contributed by atoms with van der Waals surface area (Å²) in [5.74, 6) is 1.02. The van der Waals surface area contributed by atoms with Crippen molar-refractivity contribution < 1.29 is 9.84 Å². The molecule has 0 fully saturated rings. The predicted molar refractivity (Wildman–Crippen MR) is 106 cm³/mol. The SMILES string of the molecule is CCc1cc(-c2ccccc2)c(O)cc1OCCCCCC(C)(C)C#N. The van der Waals surface area contributed by atoms with E-state index in [2.05, 4.69) is 13.0 Å². The highest BCUT2D eigenvalue weighted by atomic mass is 16.5. The van der Waals surface area contributed by atoms with Crippen LogP contribution in [-0.4, -0.2) is 11.7 Å². The molecule has 0 saturated heterocycles. The number of aryl methyl sites for hydroxylation is 1. The zero-order valence-electron chi connectivity index (χ0n) is 16.1. The van der Waals surface area contributed by atoms with E-state index < -0.39 is 0 Å². The molecule has 3 heteroatoms. The number of benzene rings is 2. The first-order chi connectivity index (χ1) is 12.5. The van der Waals surface area contributed by atoms with Gasteiger partial charge in [-0.05, 0) is 50.3 Å². The van der Waals surface area contributed by atoms with Crippen molar-refractivity contribution in [2.45, 2.75) is 52.9 Å². The number of unbranched alkanes of at least 4 members (excludes halogenated alkanes) is 2. The minimum Gasteiger partial charge on any atom is -0.507 e. The first kappa shape index (κ1) is 19.8. The summed E-state index contributed by atoms with van der Waals surface area (Å²) in [6.45, 7) is 6.68. The fourth-order valence-electron chi connectivity index (χ4n) is 2.96. The molecule has 0 aliphatic heterocycles. The molecule has 138 valence electrons. The predicted octanol–water partition coefficient (Wildman–Crippen LogP) is 6.11. The topological polar surface area (TPSA) is 53.2 Å². The van der Waals surface area contributed by atoms with Crippen LogP contribution in [-0.2, 0) is 6.42 Å². The Morgan fingerprint density at radius 2 is 1.81 bits per heavy atom. The minimum atomic E-state index is -0.241. The lowest BCUT2D eigenvalue weighted by Crippen LogP contribution is -2.07. The van der Waals surface area contributed by atoms with Gasteiger partial charge >= 0.3 is 0 Å². The van der Waals surface area contributed by atoms with E-state index in [-0.39, 0.29) is 11.2 Å². The molecule has 0 spiro atoms. The van der Waals surface area contributed by atoms with Gasteiger partial charge in [0, 0.05) is 11.6 Å². The van der Waals surface area contributed by atoms with Crippen molar-refractivity contribution in [2.24, 2.45) is 5.41 Å². The van der Waals surface area contributed by atoms with Crippen LogP contribution in [0.3, 0.4) is 0 Å². The fraction of sp³-hybridized carbons (Fsp3) is 0.435. The van der Waals surface area contributed by atoms with Crippen molar-refractivity contribution in [3.05, 3.63) is 48.0 Å². The van der Waals surface area contributed by atoms with Crippen LogP contribution in [0.2, 0.25) is 0 Å². The van der Waals surface area contributed by atoms with Gasteiger partial charge in [0.2, 0.25) is 0 Å². The molecule has 2 rings (SSSR count). The maximum Gasteiger partial charge on any atom is 0.127 e. The van der Waals surface area contributed by atoms with Gasteiger partial charge < -0.3 is 9.84 Å². The van der Waals surface area contributed by atoms with Crippen LogP contribution in [0.1, 0.15) is 52.0 Å². The van der Waals surface area contributed by atoms with Crippen molar-refractivity contribution in [3.8, 4) is 28.7 Å². The Labute approximate surface area is 157 Å². The lowest BCUT2D eigenvalue weighted by Gasteiger charge is -2.15. The van der Waals surface area contributed by atoms with Crippen LogP contribution in [0, 0.1) is 16.7 Å². The van der Waals surface area contributed by atoms with Gasteiger partial charge in [0.25, 0.3) is 0 Å². The maximum atomic E-state index is 10.4. The van der Waals surface area contributed by atoms with Gasteiger partial charge in [0.1, 0.15) is 11.5 Å². The maximum absolute atomic E-state index is 10.4. The minimum absolute atomic E-state index is 0.241. The van der Waals surface area contributed by atoms with Gasteiger partial charge in [-0.1, -0.05) is 50.1 Å². The number of ether oxygens (including phenoxy) is 1. The van der Waals surface area contributed by atoms with E-state index in [4.69, 9.17) is 10.00 Å². The number of aromatic hydroxyl groups is 1. The Kier molecular flexibility index (Phi) is 7.09. The standard InChI is InChI=1S/C23H29NO2/c1-4-18-15-20(19-11-7-5-8-12-19)21(25)16-22(18)26-14-10-6-9-13-23(2,3)17-24/h5,7-8,11-12,15-16,25H,4,6,9-10,13-14H2,1-3H3. The van der Waals surface area contributed by atoms with Crippen LogP contribution in [0.5, 0.6) is 11.5 Å². The van der Waals surface area contributed by atoms with Crippen molar-refractivity contribution in [1.29, 1.82) is 5.26 Å². The number of phenolic OH excluding ortho intramolecular Hbond substituents is 1. The quantitative estimate of drug-likeness (QED) is 0.554. The third-order valence-corrected chi connectivity index (χ3v) is 4.65. The average Bonchev–Trinajstić information content (AvgIpc) is 2.65. The summed E-state index contributed by atoms with van der Waals surface area (Å²) in [5, 5.41) is 19.4. The molecule has 3 nitrogen and oxygen atoms in total. The number of nitriles is 1. The van der Waals surface area contributed by atoms with Crippen molar-refractivity contribution >= 4 is 0 Å². The number of hydrogen-bond acceptors (Lipinski definition) is 3. The zero-order valence-corrected chi connectivity index (χ0v) is 16.1. The number of rotatable bonds is 9. The lowest BCUT2D eigenvalue weighted by molar-refractivity contribution is 0.296.